The van der Waals surface area contributed by atoms with Crippen LogP contribution in [-0.4, -0.2) is 17.0 Å². The normalized spacial score (nSPS) is 41.8. The first-order valence-corrected chi connectivity index (χ1v) is 14.9. The molecule has 0 radical (unpaired) electrons. The molecule has 2 nitrogen and oxygen atoms in total. The Bertz CT molecular complexity index is 571. The number of aliphatic hydroxyl groups is 1. The maximum Gasteiger partial charge on any atom is 0.129 e. The smallest absolute Gasteiger partial charge is 0.129 e. The van der Waals surface area contributed by atoms with Crippen molar-refractivity contribution in [3.8, 4) is 0 Å². The molecule has 8 unspecified atom stereocenters. The Labute approximate surface area is 208 Å². The van der Waals surface area contributed by atoms with Crippen LogP contribution >= 0.6 is 0 Å². The van der Waals surface area contributed by atoms with Gasteiger partial charge in [-0.3, -0.25) is 0 Å². The molecule has 4 aliphatic rings. The first-order valence-electron chi connectivity index (χ1n) is 14.9. The average Bonchev–Trinajstić information content (AvgIpc) is 3.19. The largest absolute Gasteiger partial charge is 0.393 e. The third kappa shape index (κ3) is 6.25. The fraction of sp³-hybridized carbons (Fsp3) is 0.968. The highest BCUT2D eigenvalue weighted by Gasteiger charge is 2.60. The van der Waals surface area contributed by atoms with Crippen molar-refractivity contribution in [1.29, 1.82) is 0 Å². The van der Waals surface area contributed by atoms with Crippen molar-refractivity contribution >= 4 is 5.78 Å². The van der Waals surface area contributed by atoms with E-state index in [0.29, 0.717) is 22.5 Å². The van der Waals surface area contributed by atoms with E-state index in [9.17, 15) is 9.90 Å². The molecule has 9 atom stereocenters. The van der Waals surface area contributed by atoms with Gasteiger partial charge in [0.1, 0.15) is 5.78 Å². The van der Waals surface area contributed by atoms with Crippen LogP contribution in [0.3, 0.4) is 0 Å². The molecule has 4 fully saturated rings. The van der Waals surface area contributed by atoms with Crippen molar-refractivity contribution in [2.45, 2.75) is 146 Å². The number of rotatable bonds is 4. The summed E-state index contributed by atoms with van der Waals surface area (Å²) in [7, 11) is 0. The van der Waals surface area contributed by atoms with Gasteiger partial charge in [0.2, 0.25) is 0 Å². The molecule has 0 heterocycles. The molecule has 4 saturated carbocycles. The number of hydrogen-bond donors (Lipinski definition) is 1. The van der Waals surface area contributed by atoms with Gasteiger partial charge in [0.05, 0.1) is 6.10 Å². The number of carbonyl (C=O) groups is 1. The van der Waals surface area contributed by atoms with Gasteiger partial charge in [-0.15, -0.1) is 0 Å². The van der Waals surface area contributed by atoms with Gasteiger partial charge in [0.25, 0.3) is 0 Å². The van der Waals surface area contributed by atoms with E-state index >= 15 is 0 Å². The number of aliphatic hydroxyl groups excluding tert-OH is 1. The van der Waals surface area contributed by atoms with Crippen LogP contribution in [0.4, 0.5) is 0 Å². The number of carbonyl (C=O) groups excluding carboxylic acids is 1. The zero-order valence-corrected chi connectivity index (χ0v) is 24.2. The van der Waals surface area contributed by atoms with Crippen LogP contribution in [0.25, 0.3) is 0 Å². The SMILES string of the molecule is CC.CC.CC.CC(=O)CC[C@@H](C)C1CCC2C3CCC4CC(O)CCC4(C)C3CCC21C. The molecule has 0 spiro atoms. The van der Waals surface area contributed by atoms with Crippen molar-refractivity contribution in [1.82, 2.24) is 0 Å². The second-order valence-electron chi connectivity index (χ2n) is 11.5. The first-order chi connectivity index (χ1) is 15.8. The van der Waals surface area contributed by atoms with E-state index in [1.807, 2.05) is 41.5 Å². The van der Waals surface area contributed by atoms with Gasteiger partial charge >= 0.3 is 0 Å². The quantitative estimate of drug-likeness (QED) is 0.450. The molecule has 0 aromatic carbocycles. The molecule has 0 saturated heterocycles. The highest BCUT2D eigenvalue weighted by atomic mass is 16.3. The van der Waals surface area contributed by atoms with Crippen molar-refractivity contribution in [3.05, 3.63) is 0 Å². The lowest BCUT2D eigenvalue weighted by atomic mass is 9.44. The van der Waals surface area contributed by atoms with E-state index in [1.54, 1.807) is 6.92 Å². The monoisotopic (exact) mass is 464 g/mol. The van der Waals surface area contributed by atoms with Gasteiger partial charge in [-0.2, -0.15) is 0 Å². The average molecular weight is 465 g/mol. The zero-order chi connectivity index (χ0) is 25.4. The summed E-state index contributed by atoms with van der Waals surface area (Å²) in [5.74, 6) is 5.36. The molecule has 33 heavy (non-hydrogen) atoms. The highest BCUT2D eigenvalue weighted by molar-refractivity contribution is 5.75. The summed E-state index contributed by atoms with van der Waals surface area (Å²) < 4.78 is 0. The summed E-state index contributed by atoms with van der Waals surface area (Å²) in [6.45, 7) is 21.4. The summed E-state index contributed by atoms with van der Waals surface area (Å²) in [4.78, 5) is 11.5. The highest BCUT2D eigenvalue weighted by Crippen LogP contribution is 2.68. The van der Waals surface area contributed by atoms with Crippen molar-refractivity contribution in [2.24, 2.45) is 46.3 Å². The van der Waals surface area contributed by atoms with E-state index in [2.05, 4.69) is 20.8 Å². The molecule has 4 rings (SSSR count). The van der Waals surface area contributed by atoms with Crippen molar-refractivity contribution in [3.63, 3.8) is 0 Å². The molecular weight excluding hydrogens is 404 g/mol. The molecule has 0 aromatic rings. The lowest BCUT2D eigenvalue weighted by Crippen LogP contribution is -2.54. The van der Waals surface area contributed by atoms with Gasteiger partial charge in [-0.05, 0) is 117 Å². The Hall–Kier alpha value is -0.370. The second kappa shape index (κ2) is 13.6. The molecular formula is C31H60O2. The van der Waals surface area contributed by atoms with E-state index in [1.165, 1.54) is 44.9 Å². The lowest BCUT2D eigenvalue weighted by molar-refractivity contribution is -0.129. The Morgan fingerprint density at radius 2 is 1.42 bits per heavy atom. The van der Waals surface area contributed by atoms with Crippen LogP contribution < -0.4 is 0 Å². The minimum Gasteiger partial charge on any atom is -0.393 e. The fourth-order valence-corrected chi connectivity index (χ4v) is 8.84. The molecule has 4 aliphatic carbocycles. The van der Waals surface area contributed by atoms with Crippen LogP contribution in [0.15, 0.2) is 0 Å². The van der Waals surface area contributed by atoms with E-state index in [4.69, 9.17) is 0 Å². The van der Waals surface area contributed by atoms with Gasteiger partial charge in [0.15, 0.2) is 0 Å². The summed E-state index contributed by atoms with van der Waals surface area (Å²) in [6, 6.07) is 0. The van der Waals surface area contributed by atoms with Crippen LogP contribution in [0.2, 0.25) is 0 Å². The number of ketones is 1. The summed E-state index contributed by atoms with van der Waals surface area (Å²) in [5, 5.41) is 10.2. The van der Waals surface area contributed by atoms with Crippen LogP contribution in [-0.2, 0) is 4.79 Å². The zero-order valence-electron chi connectivity index (χ0n) is 24.2. The predicted octanol–water partition coefficient (Wildman–Crippen LogP) is 9.09. The number of Topliss-reactive ketones (excluding diaryl/α,β-unsaturated/α-hetero) is 1. The van der Waals surface area contributed by atoms with Gasteiger partial charge in [-0.1, -0.05) is 62.3 Å². The molecule has 0 amide bonds. The molecule has 196 valence electrons. The number of hydrogen-bond acceptors (Lipinski definition) is 2. The van der Waals surface area contributed by atoms with E-state index in [-0.39, 0.29) is 6.10 Å². The molecule has 0 bridgehead atoms. The Morgan fingerprint density at radius 1 is 0.848 bits per heavy atom. The molecule has 0 aliphatic heterocycles. The molecule has 0 aromatic heterocycles. The third-order valence-corrected chi connectivity index (χ3v) is 10.4. The second-order valence-corrected chi connectivity index (χ2v) is 11.5. The standard InChI is InChI=1S/C25H42O2.3C2H6/c1-16(5-6-17(2)26)21-9-10-22-20-8-7-18-15-19(27)11-13-24(18,3)23(20)12-14-25(21,22)4;3*1-2/h16,18-23,27H,5-15H2,1-4H3;3*1-2H3/t16-,18?,19?,20?,21?,22?,23?,24?,25?;;;/m1.../s1. The van der Waals surface area contributed by atoms with Gasteiger partial charge < -0.3 is 9.90 Å². The summed E-state index contributed by atoms with van der Waals surface area (Å²) in [5.41, 5.74) is 0.997. The van der Waals surface area contributed by atoms with Crippen LogP contribution in [0.1, 0.15) is 140 Å². The minimum atomic E-state index is -0.0357. The Balaban J connectivity index is 0.000000841. The van der Waals surface area contributed by atoms with Gasteiger partial charge in [0, 0.05) is 6.42 Å². The maximum absolute atomic E-state index is 11.5. The Morgan fingerprint density at radius 3 is 2.03 bits per heavy atom. The van der Waals surface area contributed by atoms with Crippen molar-refractivity contribution < 1.29 is 9.90 Å². The number of fused-ring (bicyclic) bond motifs is 5. The summed E-state index contributed by atoms with van der Waals surface area (Å²) in [6.07, 6.45) is 13.6. The van der Waals surface area contributed by atoms with Gasteiger partial charge in [-0.25, -0.2) is 0 Å². The van der Waals surface area contributed by atoms with E-state index < -0.39 is 0 Å². The first kappa shape index (κ1) is 30.7. The molecule has 2 heteroatoms. The third-order valence-electron chi connectivity index (χ3n) is 10.4. The fourth-order valence-electron chi connectivity index (χ4n) is 8.84. The van der Waals surface area contributed by atoms with E-state index in [0.717, 1.165) is 55.3 Å². The van der Waals surface area contributed by atoms with Crippen LogP contribution in [0, 0.1) is 46.3 Å². The lowest BCUT2D eigenvalue weighted by Gasteiger charge is -2.61. The van der Waals surface area contributed by atoms with Crippen molar-refractivity contribution in [2.75, 3.05) is 0 Å². The molecule has 1 N–H and O–H groups in total. The topological polar surface area (TPSA) is 37.3 Å². The van der Waals surface area contributed by atoms with Crippen LogP contribution in [0.5, 0.6) is 0 Å². The minimum absolute atomic E-state index is 0.0357. The predicted molar refractivity (Wildman–Crippen MR) is 144 cm³/mol. The maximum atomic E-state index is 11.5. The summed E-state index contributed by atoms with van der Waals surface area (Å²) >= 11 is 0. The Kier molecular flexibility index (Phi) is 12.7.